The van der Waals surface area contributed by atoms with E-state index in [1.54, 1.807) is 12.4 Å². The summed E-state index contributed by atoms with van der Waals surface area (Å²) in [6.45, 7) is 9.62. The van der Waals surface area contributed by atoms with Gasteiger partial charge in [-0.1, -0.05) is 20.8 Å². The van der Waals surface area contributed by atoms with Crippen LogP contribution in [-0.4, -0.2) is 69.0 Å². The van der Waals surface area contributed by atoms with Gasteiger partial charge in [0.15, 0.2) is 0 Å². The molecule has 5 rings (SSSR count). The van der Waals surface area contributed by atoms with E-state index in [9.17, 15) is 4.79 Å². The van der Waals surface area contributed by atoms with Crippen molar-refractivity contribution in [2.45, 2.75) is 63.5 Å². The Kier molecular flexibility index (Phi) is 5.16. The third-order valence-corrected chi connectivity index (χ3v) is 6.64. The summed E-state index contributed by atoms with van der Waals surface area (Å²) in [5.41, 5.74) is 2.74. The number of pyridine rings is 1. The van der Waals surface area contributed by atoms with E-state index < -0.39 is 0 Å². The van der Waals surface area contributed by atoms with Crippen molar-refractivity contribution in [2.24, 2.45) is 0 Å². The van der Waals surface area contributed by atoms with E-state index in [2.05, 4.69) is 40.6 Å². The minimum absolute atomic E-state index is 0.00751. The summed E-state index contributed by atoms with van der Waals surface area (Å²) < 4.78 is 6.12. The van der Waals surface area contributed by atoms with Crippen molar-refractivity contribution in [2.75, 3.05) is 26.2 Å². The van der Waals surface area contributed by atoms with Crippen molar-refractivity contribution < 1.29 is 9.53 Å². The second kappa shape index (κ2) is 7.86. The highest BCUT2D eigenvalue weighted by Crippen LogP contribution is 2.38. The Morgan fingerprint density at radius 1 is 1.10 bits per heavy atom. The molecule has 2 atom stereocenters. The number of rotatable bonds is 4. The highest BCUT2D eigenvalue weighted by molar-refractivity contribution is 5.92. The fourth-order valence-electron chi connectivity index (χ4n) is 4.59. The average Bonchev–Trinajstić information content (AvgIpc) is 3.53. The number of hydrogen-bond donors (Lipinski definition) is 0. The molecule has 1 saturated carbocycles. The lowest BCUT2D eigenvalue weighted by atomic mass is 9.87. The molecule has 1 amide bonds. The van der Waals surface area contributed by atoms with E-state index in [-0.39, 0.29) is 17.4 Å². The predicted molar refractivity (Wildman–Crippen MR) is 117 cm³/mol. The van der Waals surface area contributed by atoms with Gasteiger partial charge < -0.3 is 9.64 Å². The Labute approximate surface area is 183 Å². The summed E-state index contributed by atoms with van der Waals surface area (Å²) in [5, 5.41) is 0. The van der Waals surface area contributed by atoms with Crippen LogP contribution in [-0.2, 0) is 5.41 Å². The highest BCUT2D eigenvalue weighted by atomic mass is 16.5. The van der Waals surface area contributed by atoms with Crippen LogP contribution >= 0.6 is 0 Å². The van der Waals surface area contributed by atoms with Gasteiger partial charge in [0.2, 0.25) is 5.88 Å². The molecule has 7 nitrogen and oxygen atoms in total. The lowest BCUT2D eigenvalue weighted by Crippen LogP contribution is -2.52. The Balaban J connectivity index is 1.20. The van der Waals surface area contributed by atoms with Crippen LogP contribution in [0.4, 0.5) is 0 Å². The van der Waals surface area contributed by atoms with Gasteiger partial charge in [-0.15, -0.1) is 0 Å². The van der Waals surface area contributed by atoms with Crippen LogP contribution in [0.5, 0.6) is 5.88 Å². The van der Waals surface area contributed by atoms with Crippen molar-refractivity contribution in [3.05, 3.63) is 47.7 Å². The fourth-order valence-corrected chi connectivity index (χ4v) is 4.59. The molecule has 1 aliphatic carbocycles. The number of hydrogen-bond acceptors (Lipinski definition) is 6. The Bertz CT molecular complexity index is 951. The van der Waals surface area contributed by atoms with Crippen molar-refractivity contribution in [1.82, 2.24) is 24.8 Å². The van der Waals surface area contributed by atoms with Crippen LogP contribution in [0.2, 0.25) is 0 Å². The predicted octanol–water partition coefficient (Wildman–Crippen LogP) is 3.02. The summed E-state index contributed by atoms with van der Waals surface area (Å²) in [6, 6.07) is 4.25. The molecule has 0 radical (unpaired) electrons. The van der Waals surface area contributed by atoms with E-state index in [4.69, 9.17) is 4.74 Å². The van der Waals surface area contributed by atoms with E-state index in [1.807, 2.05) is 23.2 Å². The molecule has 0 N–H and O–H groups in total. The maximum atomic E-state index is 13.1. The van der Waals surface area contributed by atoms with E-state index in [0.717, 1.165) is 37.3 Å². The lowest BCUT2D eigenvalue weighted by Gasteiger charge is -2.37. The summed E-state index contributed by atoms with van der Waals surface area (Å²) in [7, 11) is 0. The standard InChI is InChI=1S/C24H31N5O2/c1-24(2,3)17-6-7-25-20(10-17)23(30)29-9-8-28-15-19(11-18(28)14-29)31-22-13-26-21(12-27-22)16-4-5-16/h6-7,10,12-13,16,18-19H,4-5,8-9,11,14-15H2,1-3H3/t18-,19+/m0/s1. The SMILES string of the molecule is CC(C)(C)c1ccnc(C(=O)N2CCN3C[C@H](Oc4cnc(C5CC5)cn4)C[C@H]3C2)c1. The first-order valence-corrected chi connectivity index (χ1v) is 11.4. The molecule has 0 spiro atoms. The first kappa shape index (κ1) is 20.4. The van der Waals surface area contributed by atoms with Crippen molar-refractivity contribution in [3.8, 4) is 5.88 Å². The van der Waals surface area contributed by atoms with Crippen LogP contribution in [0.1, 0.15) is 67.7 Å². The molecule has 164 valence electrons. The third-order valence-electron chi connectivity index (χ3n) is 6.64. The minimum atomic E-state index is -0.00751. The monoisotopic (exact) mass is 421 g/mol. The number of nitrogens with zero attached hydrogens (tertiary/aromatic N) is 5. The largest absolute Gasteiger partial charge is 0.472 e. The number of aromatic nitrogens is 3. The Morgan fingerprint density at radius 3 is 2.65 bits per heavy atom. The second-order valence-corrected chi connectivity index (χ2v) is 10.1. The summed E-state index contributed by atoms with van der Waals surface area (Å²) in [4.78, 5) is 30.8. The molecule has 3 aliphatic rings. The summed E-state index contributed by atoms with van der Waals surface area (Å²) in [5.74, 6) is 1.23. The molecule has 2 aromatic heterocycles. The first-order chi connectivity index (χ1) is 14.9. The van der Waals surface area contributed by atoms with Gasteiger partial charge in [0.1, 0.15) is 11.8 Å². The quantitative estimate of drug-likeness (QED) is 0.756. The van der Waals surface area contributed by atoms with Crippen LogP contribution in [0.25, 0.3) is 0 Å². The average molecular weight is 422 g/mol. The van der Waals surface area contributed by atoms with Gasteiger partial charge in [-0.25, -0.2) is 4.98 Å². The smallest absolute Gasteiger partial charge is 0.272 e. The number of carbonyl (C=O) groups excluding carboxylic acids is 1. The van der Waals surface area contributed by atoms with Gasteiger partial charge in [0.25, 0.3) is 5.91 Å². The van der Waals surface area contributed by atoms with E-state index in [1.165, 1.54) is 12.8 Å². The zero-order valence-electron chi connectivity index (χ0n) is 18.6. The Hall–Kier alpha value is -2.54. The number of piperazine rings is 1. The molecular formula is C24H31N5O2. The molecule has 4 heterocycles. The van der Waals surface area contributed by atoms with Gasteiger partial charge in [-0.2, -0.15) is 0 Å². The first-order valence-electron chi connectivity index (χ1n) is 11.4. The number of fused-ring (bicyclic) bond motifs is 1. The molecular weight excluding hydrogens is 390 g/mol. The van der Waals surface area contributed by atoms with E-state index >= 15 is 0 Å². The van der Waals surface area contributed by atoms with Crippen LogP contribution in [0.15, 0.2) is 30.7 Å². The van der Waals surface area contributed by atoms with Gasteiger partial charge in [0, 0.05) is 50.8 Å². The molecule has 31 heavy (non-hydrogen) atoms. The maximum absolute atomic E-state index is 13.1. The topological polar surface area (TPSA) is 71.5 Å². The lowest BCUT2D eigenvalue weighted by molar-refractivity contribution is 0.0564. The molecule has 2 saturated heterocycles. The van der Waals surface area contributed by atoms with Crippen molar-refractivity contribution in [3.63, 3.8) is 0 Å². The van der Waals surface area contributed by atoms with Crippen molar-refractivity contribution in [1.29, 1.82) is 0 Å². The number of amides is 1. The summed E-state index contributed by atoms with van der Waals surface area (Å²) >= 11 is 0. The van der Waals surface area contributed by atoms with Crippen LogP contribution in [0, 0.1) is 0 Å². The second-order valence-electron chi connectivity index (χ2n) is 10.1. The zero-order chi connectivity index (χ0) is 21.6. The zero-order valence-corrected chi connectivity index (χ0v) is 18.6. The Morgan fingerprint density at radius 2 is 1.94 bits per heavy atom. The van der Waals surface area contributed by atoms with Gasteiger partial charge in [0.05, 0.1) is 18.1 Å². The molecule has 0 unspecified atom stereocenters. The van der Waals surface area contributed by atoms with Crippen molar-refractivity contribution >= 4 is 5.91 Å². The van der Waals surface area contributed by atoms with E-state index in [0.29, 0.717) is 30.1 Å². The molecule has 2 aliphatic heterocycles. The minimum Gasteiger partial charge on any atom is -0.472 e. The molecule has 7 heteroatoms. The number of ether oxygens (including phenoxy) is 1. The number of carbonyl (C=O) groups is 1. The molecule has 0 bridgehead atoms. The van der Waals surface area contributed by atoms with Crippen LogP contribution < -0.4 is 4.74 Å². The normalized spacial score (nSPS) is 24.2. The third kappa shape index (κ3) is 4.42. The van der Waals surface area contributed by atoms with Crippen LogP contribution in [0.3, 0.4) is 0 Å². The molecule has 0 aromatic carbocycles. The highest BCUT2D eigenvalue weighted by Gasteiger charge is 2.39. The maximum Gasteiger partial charge on any atom is 0.272 e. The van der Waals surface area contributed by atoms with Gasteiger partial charge >= 0.3 is 0 Å². The summed E-state index contributed by atoms with van der Waals surface area (Å²) in [6.07, 6.45) is 8.79. The fraction of sp³-hybridized carbons (Fsp3) is 0.583. The molecule has 3 fully saturated rings. The van der Waals surface area contributed by atoms with Gasteiger partial charge in [-0.3, -0.25) is 19.7 Å². The van der Waals surface area contributed by atoms with Gasteiger partial charge in [-0.05, 0) is 36.0 Å². The molecule has 2 aromatic rings.